The zero-order chi connectivity index (χ0) is 13.5. The van der Waals surface area contributed by atoms with Gasteiger partial charge in [-0.25, -0.2) is 4.79 Å². The van der Waals surface area contributed by atoms with E-state index in [4.69, 9.17) is 4.74 Å². The fourth-order valence-corrected chi connectivity index (χ4v) is 1.98. The summed E-state index contributed by atoms with van der Waals surface area (Å²) in [6.45, 7) is 0. The lowest BCUT2D eigenvalue weighted by Crippen LogP contribution is -1.94. The summed E-state index contributed by atoms with van der Waals surface area (Å²) < 4.78 is 10.4. The molecular formula is C13H12Br2O3. The highest BCUT2D eigenvalue weighted by Gasteiger charge is 2.04. The number of hydrogen-bond donors (Lipinski definition) is 0. The molecule has 0 fully saturated rings. The van der Waals surface area contributed by atoms with Crippen LogP contribution in [0.15, 0.2) is 39.8 Å². The molecule has 1 aromatic rings. The number of ether oxygens (including phenoxy) is 2. The highest BCUT2D eigenvalue weighted by Crippen LogP contribution is 2.29. The SMILES string of the molecule is COC(=O)/C=C/C(=C(Br)Br)c1ccc(OC)cc1. The first kappa shape index (κ1) is 15.0. The number of carbonyl (C=O) groups excluding carboxylic acids is 1. The van der Waals surface area contributed by atoms with Crippen molar-refractivity contribution in [2.75, 3.05) is 14.2 Å². The molecule has 3 nitrogen and oxygen atoms in total. The van der Waals surface area contributed by atoms with Crippen LogP contribution in [0, 0.1) is 0 Å². The summed E-state index contributed by atoms with van der Waals surface area (Å²) in [5.41, 5.74) is 1.78. The molecule has 0 atom stereocenters. The number of hydrogen-bond acceptors (Lipinski definition) is 3. The largest absolute Gasteiger partial charge is 0.497 e. The van der Waals surface area contributed by atoms with E-state index in [1.807, 2.05) is 24.3 Å². The highest BCUT2D eigenvalue weighted by molar-refractivity contribution is 9.28. The molecule has 0 aliphatic heterocycles. The van der Waals surface area contributed by atoms with Crippen molar-refractivity contribution < 1.29 is 14.3 Å². The summed E-state index contributed by atoms with van der Waals surface area (Å²) in [5.74, 6) is 0.378. The van der Waals surface area contributed by atoms with Crippen molar-refractivity contribution in [3.63, 3.8) is 0 Å². The third-order valence-electron chi connectivity index (χ3n) is 2.19. The predicted molar refractivity (Wildman–Crippen MR) is 78.9 cm³/mol. The fourth-order valence-electron chi connectivity index (χ4n) is 1.26. The number of methoxy groups -OCH3 is 2. The van der Waals surface area contributed by atoms with Crippen LogP contribution in [-0.4, -0.2) is 20.2 Å². The van der Waals surface area contributed by atoms with Crippen molar-refractivity contribution in [3.05, 3.63) is 45.4 Å². The van der Waals surface area contributed by atoms with E-state index in [2.05, 4.69) is 36.6 Å². The average molecular weight is 376 g/mol. The Morgan fingerprint density at radius 2 is 1.72 bits per heavy atom. The van der Waals surface area contributed by atoms with Gasteiger partial charge in [-0.2, -0.15) is 0 Å². The second kappa shape index (κ2) is 7.38. The van der Waals surface area contributed by atoms with Gasteiger partial charge in [0.05, 0.1) is 17.6 Å². The lowest BCUT2D eigenvalue weighted by Gasteiger charge is -2.05. The first-order chi connectivity index (χ1) is 8.58. The van der Waals surface area contributed by atoms with Gasteiger partial charge in [0.25, 0.3) is 0 Å². The molecule has 0 N–H and O–H groups in total. The van der Waals surface area contributed by atoms with Crippen LogP contribution in [0.4, 0.5) is 0 Å². The number of esters is 1. The van der Waals surface area contributed by atoms with Crippen LogP contribution < -0.4 is 4.74 Å². The van der Waals surface area contributed by atoms with Gasteiger partial charge in [0.2, 0.25) is 0 Å². The van der Waals surface area contributed by atoms with Crippen LogP contribution in [0.5, 0.6) is 5.75 Å². The van der Waals surface area contributed by atoms with Gasteiger partial charge in [-0.05, 0) is 55.6 Å². The second-order valence-corrected chi connectivity index (χ2v) is 5.91. The maximum atomic E-state index is 11.1. The Morgan fingerprint density at radius 3 is 2.17 bits per heavy atom. The van der Waals surface area contributed by atoms with Crippen molar-refractivity contribution in [1.29, 1.82) is 0 Å². The molecule has 0 spiro atoms. The third kappa shape index (κ3) is 4.31. The van der Waals surface area contributed by atoms with Gasteiger partial charge < -0.3 is 9.47 Å². The molecule has 0 radical (unpaired) electrons. The monoisotopic (exact) mass is 374 g/mol. The predicted octanol–water partition coefficient (Wildman–Crippen LogP) is 3.88. The van der Waals surface area contributed by atoms with Gasteiger partial charge in [-0.1, -0.05) is 12.1 Å². The van der Waals surface area contributed by atoms with E-state index in [-0.39, 0.29) is 0 Å². The molecule has 0 aliphatic carbocycles. The van der Waals surface area contributed by atoms with Gasteiger partial charge in [-0.15, -0.1) is 0 Å². The molecule has 0 aliphatic rings. The van der Waals surface area contributed by atoms with Gasteiger partial charge in [0, 0.05) is 11.6 Å². The first-order valence-corrected chi connectivity index (χ1v) is 6.62. The Labute approximate surface area is 123 Å². The van der Waals surface area contributed by atoms with E-state index in [0.29, 0.717) is 0 Å². The molecule has 1 rings (SSSR count). The van der Waals surface area contributed by atoms with Crippen molar-refractivity contribution in [3.8, 4) is 5.75 Å². The average Bonchev–Trinajstić information content (AvgIpc) is 2.39. The minimum Gasteiger partial charge on any atom is -0.497 e. The van der Waals surface area contributed by atoms with Crippen molar-refractivity contribution in [1.82, 2.24) is 0 Å². The van der Waals surface area contributed by atoms with Gasteiger partial charge in [0.15, 0.2) is 0 Å². The molecule has 18 heavy (non-hydrogen) atoms. The topological polar surface area (TPSA) is 35.5 Å². The minimum atomic E-state index is -0.401. The van der Waals surface area contributed by atoms with Crippen LogP contribution in [0.25, 0.3) is 5.57 Å². The lowest BCUT2D eigenvalue weighted by molar-refractivity contribution is -0.134. The molecule has 0 saturated carbocycles. The summed E-state index contributed by atoms with van der Waals surface area (Å²) in [4.78, 5) is 11.1. The Bertz CT molecular complexity index is 472. The number of halogens is 2. The summed E-state index contributed by atoms with van der Waals surface area (Å²) >= 11 is 6.69. The van der Waals surface area contributed by atoms with Gasteiger partial charge in [-0.3, -0.25) is 0 Å². The Kier molecular flexibility index (Phi) is 6.15. The summed E-state index contributed by atoms with van der Waals surface area (Å²) in [7, 11) is 2.95. The molecule has 96 valence electrons. The normalized spacial score (nSPS) is 10.2. The summed E-state index contributed by atoms with van der Waals surface area (Å²) in [6.07, 6.45) is 3.04. The number of benzene rings is 1. The standard InChI is InChI=1S/C13H12Br2O3/c1-17-10-5-3-9(4-6-10)11(13(14)15)7-8-12(16)18-2/h3-8H,1-2H3/b8-7+. The van der Waals surface area contributed by atoms with E-state index in [0.717, 1.165) is 20.3 Å². The molecular weight excluding hydrogens is 364 g/mol. The molecule has 0 bridgehead atoms. The van der Waals surface area contributed by atoms with E-state index in [1.165, 1.54) is 13.2 Å². The first-order valence-electron chi connectivity index (χ1n) is 5.04. The summed E-state index contributed by atoms with van der Waals surface area (Å²) in [6, 6.07) is 7.51. The zero-order valence-electron chi connectivity index (χ0n) is 9.94. The number of rotatable bonds is 4. The van der Waals surface area contributed by atoms with Gasteiger partial charge in [0.1, 0.15) is 5.75 Å². The van der Waals surface area contributed by atoms with Crippen LogP contribution in [0.1, 0.15) is 5.56 Å². The maximum Gasteiger partial charge on any atom is 0.330 e. The van der Waals surface area contributed by atoms with Crippen molar-refractivity contribution in [2.24, 2.45) is 0 Å². The van der Waals surface area contributed by atoms with E-state index in [1.54, 1.807) is 13.2 Å². The number of allylic oxidation sites excluding steroid dienone is 2. The second-order valence-electron chi connectivity index (χ2n) is 3.26. The van der Waals surface area contributed by atoms with E-state index >= 15 is 0 Å². The molecule has 0 heterocycles. The lowest BCUT2D eigenvalue weighted by atomic mass is 10.1. The summed E-state index contributed by atoms with van der Waals surface area (Å²) in [5, 5.41) is 0. The minimum absolute atomic E-state index is 0.401. The van der Waals surface area contributed by atoms with Crippen LogP contribution in [0.3, 0.4) is 0 Å². The molecule has 5 heteroatoms. The quantitative estimate of drug-likeness (QED) is 0.455. The van der Waals surface area contributed by atoms with Crippen molar-refractivity contribution >= 4 is 43.4 Å². The molecule has 0 unspecified atom stereocenters. The highest BCUT2D eigenvalue weighted by atomic mass is 79.9. The Hall–Kier alpha value is -1.07. The van der Waals surface area contributed by atoms with Gasteiger partial charge >= 0.3 is 5.97 Å². The van der Waals surface area contributed by atoms with Crippen LogP contribution in [-0.2, 0) is 9.53 Å². The maximum absolute atomic E-state index is 11.1. The zero-order valence-corrected chi connectivity index (χ0v) is 13.1. The Morgan fingerprint density at radius 1 is 1.11 bits per heavy atom. The fraction of sp³-hybridized carbons (Fsp3) is 0.154. The van der Waals surface area contributed by atoms with E-state index in [9.17, 15) is 4.79 Å². The molecule has 0 amide bonds. The molecule has 1 aromatic carbocycles. The smallest absolute Gasteiger partial charge is 0.330 e. The molecule has 0 saturated heterocycles. The van der Waals surface area contributed by atoms with E-state index < -0.39 is 5.97 Å². The number of carbonyl (C=O) groups is 1. The third-order valence-corrected chi connectivity index (χ3v) is 3.05. The molecule has 0 aromatic heterocycles. The Balaban J connectivity index is 3.03. The van der Waals surface area contributed by atoms with Crippen LogP contribution >= 0.6 is 31.9 Å². The van der Waals surface area contributed by atoms with Crippen LogP contribution in [0.2, 0.25) is 0 Å². The van der Waals surface area contributed by atoms with Crippen molar-refractivity contribution in [2.45, 2.75) is 0 Å².